The maximum Gasteiger partial charge on any atom is 0.410 e. The van der Waals surface area contributed by atoms with Gasteiger partial charge in [0.05, 0.1) is 6.61 Å². The maximum atomic E-state index is 12.3. The Morgan fingerprint density at radius 2 is 2.04 bits per heavy atom. The number of methoxy groups -OCH3 is 1. The summed E-state index contributed by atoms with van der Waals surface area (Å²) in [6.45, 7) is 8.02. The molecule has 1 aromatic carbocycles. The van der Waals surface area contributed by atoms with Crippen molar-refractivity contribution in [2.24, 2.45) is 0 Å². The molecule has 2 rings (SSSR count). The van der Waals surface area contributed by atoms with Gasteiger partial charge in [0.1, 0.15) is 18.0 Å². The molecule has 1 amide bonds. The summed E-state index contributed by atoms with van der Waals surface area (Å²) < 4.78 is 16.2. The average molecular weight is 350 g/mol. The summed E-state index contributed by atoms with van der Waals surface area (Å²) in [5.41, 5.74) is 7.31. The molecule has 1 heterocycles. The van der Waals surface area contributed by atoms with Crippen molar-refractivity contribution in [3.8, 4) is 5.75 Å². The third-order valence-electron chi connectivity index (χ3n) is 4.05. The molecule has 0 bridgehead atoms. The minimum Gasteiger partial charge on any atom is -0.491 e. The average Bonchev–Trinajstić information content (AvgIpc) is 2.53. The molecule has 140 valence electrons. The molecule has 1 unspecified atom stereocenters. The van der Waals surface area contributed by atoms with Gasteiger partial charge in [0.25, 0.3) is 0 Å². The summed E-state index contributed by atoms with van der Waals surface area (Å²) in [4.78, 5) is 14.1. The second kappa shape index (κ2) is 8.43. The van der Waals surface area contributed by atoms with Gasteiger partial charge in [0.15, 0.2) is 0 Å². The Morgan fingerprint density at radius 3 is 2.72 bits per heavy atom. The lowest BCUT2D eigenvalue weighted by atomic mass is 9.90. The molecule has 0 radical (unpaired) electrons. The monoisotopic (exact) mass is 350 g/mol. The number of carbonyl (C=O) groups excluding carboxylic acids is 1. The molecular formula is C19H30N2O4. The van der Waals surface area contributed by atoms with Gasteiger partial charge in [-0.2, -0.15) is 0 Å². The third kappa shape index (κ3) is 6.12. The number of carbonyl (C=O) groups is 1. The highest BCUT2D eigenvalue weighted by atomic mass is 16.6. The molecule has 0 spiro atoms. The van der Waals surface area contributed by atoms with E-state index in [-0.39, 0.29) is 12.0 Å². The number of hydrogen-bond acceptors (Lipinski definition) is 5. The van der Waals surface area contributed by atoms with Crippen molar-refractivity contribution in [3.05, 3.63) is 23.8 Å². The molecular weight excluding hydrogens is 320 g/mol. The molecule has 25 heavy (non-hydrogen) atoms. The summed E-state index contributed by atoms with van der Waals surface area (Å²) in [6.07, 6.45) is 1.71. The van der Waals surface area contributed by atoms with Gasteiger partial charge in [-0.3, -0.25) is 0 Å². The van der Waals surface area contributed by atoms with Crippen molar-refractivity contribution < 1.29 is 19.0 Å². The van der Waals surface area contributed by atoms with E-state index >= 15 is 0 Å². The Morgan fingerprint density at radius 1 is 1.28 bits per heavy atom. The van der Waals surface area contributed by atoms with Crippen molar-refractivity contribution in [1.29, 1.82) is 0 Å². The van der Waals surface area contributed by atoms with Crippen LogP contribution in [0.25, 0.3) is 0 Å². The topological polar surface area (TPSA) is 74.0 Å². The first-order chi connectivity index (χ1) is 11.8. The predicted octanol–water partition coefficient (Wildman–Crippen LogP) is 3.41. The molecule has 1 aromatic rings. The van der Waals surface area contributed by atoms with Crippen molar-refractivity contribution in [1.82, 2.24) is 4.90 Å². The zero-order valence-corrected chi connectivity index (χ0v) is 15.7. The Balaban J connectivity index is 2.06. The van der Waals surface area contributed by atoms with Crippen LogP contribution in [0.5, 0.6) is 5.75 Å². The van der Waals surface area contributed by atoms with E-state index in [0.717, 1.165) is 30.7 Å². The Hall–Kier alpha value is -1.95. The normalized spacial score (nSPS) is 18.1. The second-order valence-electron chi connectivity index (χ2n) is 7.44. The number of anilines is 1. The van der Waals surface area contributed by atoms with E-state index in [1.54, 1.807) is 12.0 Å². The number of hydrogen-bond donors (Lipinski definition) is 1. The van der Waals surface area contributed by atoms with E-state index in [2.05, 4.69) is 0 Å². The van der Waals surface area contributed by atoms with Crippen LogP contribution in [0.3, 0.4) is 0 Å². The fourth-order valence-corrected chi connectivity index (χ4v) is 2.95. The van der Waals surface area contributed by atoms with Crippen molar-refractivity contribution in [2.75, 3.05) is 39.1 Å². The smallest absolute Gasteiger partial charge is 0.410 e. The van der Waals surface area contributed by atoms with Crippen LogP contribution in [0.15, 0.2) is 18.2 Å². The summed E-state index contributed by atoms with van der Waals surface area (Å²) in [7, 11) is 1.64. The Kier molecular flexibility index (Phi) is 6.53. The lowest BCUT2D eigenvalue weighted by Crippen LogP contribution is -2.42. The third-order valence-corrected chi connectivity index (χ3v) is 4.05. The highest BCUT2D eigenvalue weighted by Gasteiger charge is 2.28. The van der Waals surface area contributed by atoms with Gasteiger partial charge < -0.3 is 24.8 Å². The zero-order chi connectivity index (χ0) is 18.4. The van der Waals surface area contributed by atoms with Crippen LogP contribution in [0, 0.1) is 0 Å². The van der Waals surface area contributed by atoms with E-state index in [4.69, 9.17) is 19.9 Å². The lowest BCUT2D eigenvalue weighted by molar-refractivity contribution is 0.0198. The lowest BCUT2D eigenvalue weighted by Gasteiger charge is -2.34. The number of nitrogens with two attached hydrogens (primary N) is 1. The van der Waals surface area contributed by atoms with E-state index in [9.17, 15) is 4.79 Å². The number of nitrogen functional groups attached to an aromatic ring is 1. The minimum absolute atomic E-state index is 0.231. The Bertz CT molecular complexity index is 583. The SMILES string of the molecule is COCCOc1cc(N)cc(C2CCCN(C(=O)OC(C)(C)C)C2)c1. The molecule has 6 heteroatoms. The maximum absolute atomic E-state index is 12.3. The number of ether oxygens (including phenoxy) is 3. The van der Waals surface area contributed by atoms with Gasteiger partial charge >= 0.3 is 6.09 Å². The van der Waals surface area contributed by atoms with Crippen molar-refractivity contribution in [3.63, 3.8) is 0 Å². The summed E-state index contributed by atoms with van der Waals surface area (Å²) >= 11 is 0. The van der Waals surface area contributed by atoms with Crippen LogP contribution in [-0.4, -0.2) is 50.0 Å². The standard InChI is InChI=1S/C19H30N2O4/c1-19(2,3)25-18(22)21-7-5-6-14(13-21)15-10-16(20)12-17(11-15)24-9-8-23-4/h10-12,14H,5-9,13,20H2,1-4H3. The van der Waals surface area contributed by atoms with Crippen LogP contribution < -0.4 is 10.5 Å². The number of rotatable bonds is 5. The fourth-order valence-electron chi connectivity index (χ4n) is 2.95. The number of amides is 1. The van der Waals surface area contributed by atoms with E-state index in [1.807, 2.05) is 39.0 Å². The predicted molar refractivity (Wildman–Crippen MR) is 98.0 cm³/mol. The van der Waals surface area contributed by atoms with Crippen LogP contribution in [0.2, 0.25) is 0 Å². The summed E-state index contributed by atoms with van der Waals surface area (Å²) in [5.74, 6) is 0.969. The van der Waals surface area contributed by atoms with Crippen molar-refractivity contribution in [2.45, 2.75) is 45.1 Å². The van der Waals surface area contributed by atoms with Crippen LogP contribution >= 0.6 is 0 Å². The first kappa shape index (κ1) is 19.4. The molecule has 1 fully saturated rings. The van der Waals surface area contributed by atoms with Gasteiger partial charge in [-0.05, 0) is 51.3 Å². The molecule has 0 aliphatic carbocycles. The van der Waals surface area contributed by atoms with E-state index in [0.29, 0.717) is 25.4 Å². The first-order valence-electron chi connectivity index (χ1n) is 8.78. The molecule has 1 aliphatic rings. The Labute approximate surface area is 150 Å². The van der Waals surface area contributed by atoms with Gasteiger partial charge in [-0.15, -0.1) is 0 Å². The quantitative estimate of drug-likeness (QED) is 0.651. The molecule has 6 nitrogen and oxygen atoms in total. The highest BCUT2D eigenvalue weighted by molar-refractivity contribution is 5.68. The highest BCUT2D eigenvalue weighted by Crippen LogP contribution is 2.31. The number of piperidine rings is 1. The van der Waals surface area contributed by atoms with Gasteiger partial charge in [-0.1, -0.05) is 0 Å². The van der Waals surface area contributed by atoms with Gasteiger partial charge in [-0.25, -0.2) is 4.79 Å². The molecule has 2 N–H and O–H groups in total. The summed E-state index contributed by atoms with van der Waals surface area (Å²) in [6, 6.07) is 5.79. The van der Waals surface area contributed by atoms with E-state index < -0.39 is 5.60 Å². The van der Waals surface area contributed by atoms with Crippen LogP contribution in [0.4, 0.5) is 10.5 Å². The number of benzene rings is 1. The number of likely N-dealkylation sites (tertiary alicyclic amines) is 1. The van der Waals surface area contributed by atoms with E-state index in [1.165, 1.54) is 0 Å². The van der Waals surface area contributed by atoms with Gasteiger partial charge in [0, 0.05) is 37.9 Å². The molecule has 0 aromatic heterocycles. The summed E-state index contributed by atoms with van der Waals surface area (Å²) in [5, 5.41) is 0. The van der Waals surface area contributed by atoms with Crippen LogP contribution in [0.1, 0.15) is 45.1 Å². The fraction of sp³-hybridized carbons (Fsp3) is 0.632. The molecule has 1 aliphatic heterocycles. The largest absolute Gasteiger partial charge is 0.491 e. The minimum atomic E-state index is -0.483. The number of nitrogens with zero attached hydrogens (tertiary/aromatic N) is 1. The van der Waals surface area contributed by atoms with Crippen LogP contribution in [-0.2, 0) is 9.47 Å². The second-order valence-corrected chi connectivity index (χ2v) is 7.44. The zero-order valence-electron chi connectivity index (χ0n) is 15.7. The first-order valence-corrected chi connectivity index (χ1v) is 8.78. The van der Waals surface area contributed by atoms with Crippen molar-refractivity contribution >= 4 is 11.8 Å². The molecule has 0 saturated carbocycles. The molecule has 1 atom stereocenters. The van der Waals surface area contributed by atoms with Gasteiger partial charge in [0.2, 0.25) is 0 Å². The molecule has 1 saturated heterocycles.